The van der Waals surface area contributed by atoms with Gasteiger partial charge in [0.1, 0.15) is 24.4 Å². The smallest absolute Gasteiger partial charge is 0.330 e. The fraction of sp³-hybridized carbons (Fsp3) is 0.692. The van der Waals surface area contributed by atoms with Crippen LogP contribution in [0.3, 0.4) is 0 Å². The van der Waals surface area contributed by atoms with Crippen molar-refractivity contribution in [3.05, 3.63) is 32.6 Å². The van der Waals surface area contributed by atoms with Crippen LogP contribution in [0.2, 0.25) is 0 Å². The molecule has 4 heterocycles. The van der Waals surface area contributed by atoms with Crippen LogP contribution in [0.25, 0.3) is 0 Å². The molecule has 0 saturated carbocycles. The molecule has 3 aliphatic rings. The summed E-state index contributed by atoms with van der Waals surface area (Å²) in [4.78, 5) is 25.7. The molecule has 9 nitrogen and oxygen atoms in total. The predicted octanol–water partition coefficient (Wildman–Crippen LogP) is -2.37. The fourth-order valence-electron chi connectivity index (χ4n) is 3.50. The second-order valence-corrected chi connectivity index (χ2v) is 5.96. The number of ether oxygens (including phenoxy) is 3. The topological polar surface area (TPSA) is 123 Å². The summed E-state index contributed by atoms with van der Waals surface area (Å²) in [7, 11) is 0. The lowest BCUT2D eigenvalue weighted by atomic mass is 9.84. The number of aliphatic hydroxyl groups is 2. The van der Waals surface area contributed by atoms with Gasteiger partial charge in [-0.3, -0.25) is 14.3 Å². The third-order valence-electron chi connectivity index (χ3n) is 4.64. The first kappa shape index (κ1) is 14.1. The van der Waals surface area contributed by atoms with Gasteiger partial charge >= 0.3 is 5.69 Å². The molecule has 0 bridgehead atoms. The van der Waals surface area contributed by atoms with E-state index in [4.69, 9.17) is 14.2 Å². The van der Waals surface area contributed by atoms with Crippen molar-refractivity contribution in [3.8, 4) is 0 Å². The monoisotopic (exact) mass is 312 g/mol. The minimum absolute atomic E-state index is 0.0278. The van der Waals surface area contributed by atoms with E-state index in [0.29, 0.717) is 5.56 Å². The Hall–Kier alpha value is -1.52. The van der Waals surface area contributed by atoms with Gasteiger partial charge in [-0.25, -0.2) is 4.79 Å². The first-order valence-corrected chi connectivity index (χ1v) is 7.04. The molecule has 0 aromatic carbocycles. The molecule has 0 spiro atoms. The van der Waals surface area contributed by atoms with E-state index in [2.05, 4.69) is 4.98 Å². The average molecular weight is 312 g/mol. The van der Waals surface area contributed by atoms with E-state index in [9.17, 15) is 19.8 Å². The average Bonchev–Trinajstić information content (AvgIpc) is 2.95. The maximum absolute atomic E-state index is 12.0. The van der Waals surface area contributed by atoms with Crippen molar-refractivity contribution in [1.82, 2.24) is 9.55 Å². The normalized spacial score (nSPS) is 43.3. The van der Waals surface area contributed by atoms with Crippen molar-refractivity contribution in [2.24, 2.45) is 0 Å². The van der Waals surface area contributed by atoms with Crippen LogP contribution in [-0.2, 0) is 14.2 Å². The number of aliphatic hydroxyl groups excluding tert-OH is 1. The molecular formula is C13H16N2O7. The van der Waals surface area contributed by atoms with Crippen molar-refractivity contribution in [1.29, 1.82) is 0 Å². The third-order valence-corrected chi connectivity index (χ3v) is 4.64. The zero-order valence-corrected chi connectivity index (χ0v) is 11.8. The van der Waals surface area contributed by atoms with Crippen LogP contribution in [0.1, 0.15) is 11.8 Å². The predicted molar refractivity (Wildman–Crippen MR) is 70.4 cm³/mol. The highest BCUT2D eigenvalue weighted by molar-refractivity contribution is 5.16. The van der Waals surface area contributed by atoms with Gasteiger partial charge in [0.2, 0.25) is 0 Å². The van der Waals surface area contributed by atoms with Crippen molar-refractivity contribution < 1.29 is 24.4 Å². The molecule has 4 rings (SSSR count). The van der Waals surface area contributed by atoms with Crippen LogP contribution in [0, 0.1) is 6.92 Å². The molecule has 0 aliphatic carbocycles. The summed E-state index contributed by atoms with van der Waals surface area (Å²) in [5, 5.41) is 20.9. The van der Waals surface area contributed by atoms with Crippen molar-refractivity contribution in [2.45, 2.75) is 43.2 Å². The third kappa shape index (κ3) is 1.65. The summed E-state index contributed by atoms with van der Waals surface area (Å²) in [5.41, 5.74) is -2.34. The van der Waals surface area contributed by atoms with E-state index in [1.807, 2.05) is 0 Å². The lowest BCUT2D eigenvalue weighted by Crippen LogP contribution is -2.62. The molecule has 0 radical (unpaired) electrons. The number of rotatable bonds is 1. The van der Waals surface area contributed by atoms with Crippen molar-refractivity contribution in [2.75, 3.05) is 13.2 Å². The Kier molecular flexibility index (Phi) is 2.88. The number of aromatic amines is 1. The lowest BCUT2D eigenvalue weighted by Gasteiger charge is -2.39. The van der Waals surface area contributed by atoms with Crippen LogP contribution in [0.15, 0.2) is 15.8 Å². The fourth-order valence-corrected chi connectivity index (χ4v) is 3.50. The molecular weight excluding hydrogens is 296 g/mol. The standard InChI is InChI=1S/C13H16N2O7/c1-5-2-15(12(18)14-10(5)17)11-9-13(19)7(4-21-9)20-3-6(16)8(13)22-11/h2,6-9,11,16,19H,3-4H2,1H3,(H,14,17,18)/t6-,7+,8-,9+,11-,13-/m1/s1. The zero-order valence-electron chi connectivity index (χ0n) is 11.8. The van der Waals surface area contributed by atoms with E-state index in [0.717, 1.165) is 0 Å². The zero-order chi connectivity index (χ0) is 15.6. The summed E-state index contributed by atoms with van der Waals surface area (Å²) in [6.45, 7) is 1.74. The van der Waals surface area contributed by atoms with Crippen LogP contribution >= 0.6 is 0 Å². The van der Waals surface area contributed by atoms with Gasteiger partial charge < -0.3 is 24.4 Å². The molecule has 0 unspecified atom stereocenters. The van der Waals surface area contributed by atoms with Crippen LogP contribution < -0.4 is 11.2 Å². The number of aryl methyl sites for hydroxylation is 1. The summed E-state index contributed by atoms with van der Waals surface area (Å²) >= 11 is 0. The first-order chi connectivity index (χ1) is 10.4. The Bertz CT molecular complexity index is 728. The van der Waals surface area contributed by atoms with Gasteiger partial charge in [-0.15, -0.1) is 0 Å². The lowest BCUT2D eigenvalue weighted by molar-refractivity contribution is -0.215. The Balaban J connectivity index is 1.81. The van der Waals surface area contributed by atoms with Gasteiger partial charge in [0.15, 0.2) is 11.8 Å². The van der Waals surface area contributed by atoms with E-state index in [-0.39, 0.29) is 13.2 Å². The number of H-pyrrole nitrogens is 1. The van der Waals surface area contributed by atoms with Crippen molar-refractivity contribution in [3.63, 3.8) is 0 Å². The number of nitrogens with one attached hydrogen (secondary N) is 1. The Morgan fingerprint density at radius 2 is 2.09 bits per heavy atom. The van der Waals surface area contributed by atoms with Crippen LogP contribution in [-0.4, -0.2) is 63.0 Å². The molecule has 1 aromatic rings. The van der Waals surface area contributed by atoms with Gasteiger partial charge in [-0.05, 0) is 6.92 Å². The summed E-state index contributed by atoms with van der Waals surface area (Å²) < 4.78 is 17.9. The maximum Gasteiger partial charge on any atom is 0.330 e. The second kappa shape index (κ2) is 4.49. The highest BCUT2D eigenvalue weighted by Gasteiger charge is 2.69. The van der Waals surface area contributed by atoms with E-state index < -0.39 is 47.5 Å². The summed E-state index contributed by atoms with van der Waals surface area (Å²) in [6, 6.07) is 0. The Morgan fingerprint density at radius 1 is 1.32 bits per heavy atom. The number of aromatic nitrogens is 2. The molecule has 3 N–H and O–H groups in total. The van der Waals surface area contributed by atoms with E-state index in [1.165, 1.54) is 10.8 Å². The van der Waals surface area contributed by atoms with Gasteiger partial charge in [0.05, 0.1) is 13.2 Å². The van der Waals surface area contributed by atoms with E-state index in [1.54, 1.807) is 6.92 Å². The Morgan fingerprint density at radius 3 is 2.86 bits per heavy atom. The highest BCUT2D eigenvalue weighted by atomic mass is 16.6. The SMILES string of the molecule is Cc1cn([C@@H]2O[C@@H]3[C@H](O)CO[C@H]4CO[C@@H]2[C@@]43O)c(=O)[nH]c1=O. The summed E-state index contributed by atoms with van der Waals surface area (Å²) in [5.74, 6) is 0. The highest BCUT2D eigenvalue weighted by Crippen LogP contribution is 2.48. The molecule has 1 aromatic heterocycles. The molecule has 9 heteroatoms. The molecule has 3 saturated heterocycles. The molecule has 3 fully saturated rings. The molecule has 0 amide bonds. The van der Waals surface area contributed by atoms with Gasteiger partial charge in [0.25, 0.3) is 5.56 Å². The minimum atomic E-state index is -1.52. The van der Waals surface area contributed by atoms with Gasteiger partial charge in [0, 0.05) is 11.8 Å². The molecule has 6 atom stereocenters. The largest absolute Gasteiger partial charge is 0.388 e. The quantitative estimate of drug-likeness (QED) is 0.529. The van der Waals surface area contributed by atoms with Crippen LogP contribution in [0.4, 0.5) is 0 Å². The molecule has 22 heavy (non-hydrogen) atoms. The molecule has 120 valence electrons. The first-order valence-electron chi connectivity index (χ1n) is 7.04. The van der Waals surface area contributed by atoms with Crippen molar-refractivity contribution >= 4 is 0 Å². The number of hydrogen-bond acceptors (Lipinski definition) is 7. The second-order valence-electron chi connectivity index (χ2n) is 5.96. The minimum Gasteiger partial charge on any atom is -0.388 e. The van der Waals surface area contributed by atoms with Gasteiger partial charge in [-0.1, -0.05) is 0 Å². The van der Waals surface area contributed by atoms with Gasteiger partial charge in [-0.2, -0.15) is 0 Å². The number of hydrogen-bond donors (Lipinski definition) is 3. The maximum atomic E-state index is 12.0. The van der Waals surface area contributed by atoms with Crippen LogP contribution in [0.5, 0.6) is 0 Å². The molecule has 3 aliphatic heterocycles. The Labute approximate surface area is 124 Å². The number of nitrogens with zero attached hydrogens (tertiary/aromatic N) is 1. The summed E-state index contributed by atoms with van der Waals surface area (Å²) in [6.07, 6.45) is -3.00. The van der Waals surface area contributed by atoms with E-state index >= 15 is 0 Å².